The summed E-state index contributed by atoms with van der Waals surface area (Å²) < 4.78 is 0. The van der Waals surface area contributed by atoms with E-state index in [4.69, 9.17) is 0 Å². The van der Waals surface area contributed by atoms with Gasteiger partial charge in [0.1, 0.15) is 0 Å². The van der Waals surface area contributed by atoms with E-state index in [0.29, 0.717) is 6.54 Å². The third kappa shape index (κ3) is 4.28. The Kier molecular flexibility index (Phi) is 5.09. The molecule has 1 aromatic heterocycles. The molecule has 0 aliphatic carbocycles. The Morgan fingerprint density at radius 2 is 2.15 bits per heavy atom. The van der Waals surface area contributed by atoms with E-state index in [1.54, 1.807) is 0 Å². The van der Waals surface area contributed by atoms with Crippen molar-refractivity contribution >= 4 is 5.91 Å². The number of rotatable bonds is 5. The smallest absolute Gasteiger partial charge is 0.234 e. The molecular weight excluding hydrogens is 252 g/mol. The van der Waals surface area contributed by atoms with Crippen molar-refractivity contribution in [2.75, 3.05) is 33.7 Å². The Morgan fingerprint density at radius 3 is 2.75 bits per heavy atom. The minimum Gasteiger partial charge on any atom is -0.349 e. The van der Waals surface area contributed by atoms with E-state index in [0.717, 1.165) is 38.0 Å². The number of piperidine rings is 1. The van der Waals surface area contributed by atoms with Crippen LogP contribution in [0.1, 0.15) is 18.5 Å². The zero-order valence-electron chi connectivity index (χ0n) is 12.4. The summed E-state index contributed by atoms with van der Waals surface area (Å²) in [6.07, 6.45) is 4.51. The summed E-state index contributed by atoms with van der Waals surface area (Å²) in [4.78, 5) is 18.4. The fraction of sp³-hybridized carbons (Fsp3) is 0.600. The fourth-order valence-corrected chi connectivity index (χ4v) is 2.72. The number of nitrogens with one attached hydrogen (secondary N) is 2. The molecule has 1 aliphatic rings. The highest BCUT2D eigenvalue weighted by atomic mass is 16.2. The standard InChI is InChI=1S/C15H24N4O/c1-19(2)12-14(20)18-15(6-9-16-10-7-15)11-13-5-3-4-8-17-13/h3-5,8,16H,6-7,9-12H2,1-2H3,(H,18,20). The Labute approximate surface area is 120 Å². The zero-order chi connectivity index (χ0) is 14.4. The molecular formula is C15H24N4O. The molecule has 20 heavy (non-hydrogen) atoms. The molecule has 1 saturated heterocycles. The van der Waals surface area contributed by atoms with Gasteiger partial charge in [0.2, 0.25) is 5.91 Å². The van der Waals surface area contributed by atoms with E-state index >= 15 is 0 Å². The molecule has 0 atom stereocenters. The molecule has 5 nitrogen and oxygen atoms in total. The van der Waals surface area contributed by atoms with Gasteiger partial charge in [-0.2, -0.15) is 0 Å². The van der Waals surface area contributed by atoms with Gasteiger partial charge in [-0.3, -0.25) is 9.78 Å². The second-order valence-corrected chi connectivity index (χ2v) is 5.81. The highest BCUT2D eigenvalue weighted by Crippen LogP contribution is 2.22. The number of nitrogens with zero attached hydrogens (tertiary/aromatic N) is 2. The topological polar surface area (TPSA) is 57.3 Å². The van der Waals surface area contributed by atoms with Crippen molar-refractivity contribution in [1.29, 1.82) is 0 Å². The van der Waals surface area contributed by atoms with Crippen molar-refractivity contribution in [1.82, 2.24) is 20.5 Å². The van der Waals surface area contributed by atoms with Gasteiger partial charge in [0.25, 0.3) is 0 Å². The van der Waals surface area contributed by atoms with Gasteiger partial charge in [-0.25, -0.2) is 0 Å². The normalized spacial score (nSPS) is 17.9. The Bertz CT molecular complexity index is 427. The maximum atomic E-state index is 12.1. The first-order valence-electron chi connectivity index (χ1n) is 7.16. The molecule has 1 aromatic rings. The number of carbonyl (C=O) groups excluding carboxylic acids is 1. The van der Waals surface area contributed by atoms with Gasteiger partial charge in [-0.05, 0) is 52.2 Å². The summed E-state index contributed by atoms with van der Waals surface area (Å²) in [5.41, 5.74) is 0.881. The second-order valence-electron chi connectivity index (χ2n) is 5.81. The molecule has 110 valence electrons. The van der Waals surface area contributed by atoms with Crippen LogP contribution >= 0.6 is 0 Å². The molecule has 0 spiro atoms. The second kappa shape index (κ2) is 6.81. The fourth-order valence-electron chi connectivity index (χ4n) is 2.72. The summed E-state index contributed by atoms with van der Waals surface area (Å²) in [7, 11) is 3.82. The highest BCUT2D eigenvalue weighted by Gasteiger charge is 2.34. The van der Waals surface area contributed by atoms with Crippen molar-refractivity contribution in [3.8, 4) is 0 Å². The number of carbonyl (C=O) groups is 1. The van der Waals surface area contributed by atoms with E-state index in [9.17, 15) is 4.79 Å². The van der Waals surface area contributed by atoms with Gasteiger partial charge in [-0.15, -0.1) is 0 Å². The van der Waals surface area contributed by atoms with Gasteiger partial charge in [0, 0.05) is 23.9 Å². The molecule has 0 radical (unpaired) electrons. The SMILES string of the molecule is CN(C)CC(=O)NC1(Cc2ccccn2)CCNCC1. The lowest BCUT2D eigenvalue weighted by atomic mass is 9.83. The summed E-state index contributed by atoms with van der Waals surface area (Å²) in [5.74, 6) is 0.0906. The molecule has 2 heterocycles. The predicted molar refractivity (Wildman–Crippen MR) is 79.5 cm³/mol. The number of pyridine rings is 1. The number of hydrogen-bond donors (Lipinski definition) is 2. The van der Waals surface area contributed by atoms with Crippen LogP contribution in [0.25, 0.3) is 0 Å². The number of hydrogen-bond acceptors (Lipinski definition) is 4. The van der Waals surface area contributed by atoms with Crippen LogP contribution in [0.5, 0.6) is 0 Å². The van der Waals surface area contributed by atoms with Crippen LogP contribution in [0.15, 0.2) is 24.4 Å². The molecule has 1 aliphatic heterocycles. The molecule has 0 aromatic carbocycles. The Balaban J connectivity index is 2.07. The lowest BCUT2D eigenvalue weighted by molar-refractivity contribution is -0.124. The lowest BCUT2D eigenvalue weighted by Crippen LogP contribution is -2.57. The highest BCUT2D eigenvalue weighted by molar-refractivity contribution is 5.78. The average Bonchev–Trinajstić information content (AvgIpc) is 2.39. The first kappa shape index (κ1) is 14.9. The summed E-state index contributed by atoms with van der Waals surface area (Å²) >= 11 is 0. The number of amides is 1. The minimum absolute atomic E-state index is 0.0906. The van der Waals surface area contributed by atoms with Crippen LogP contribution in [-0.2, 0) is 11.2 Å². The van der Waals surface area contributed by atoms with Crippen molar-refractivity contribution in [3.05, 3.63) is 30.1 Å². The Morgan fingerprint density at radius 1 is 1.40 bits per heavy atom. The largest absolute Gasteiger partial charge is 0.349 e. The molecule has 2 rings (SSSR count). The monoisotopic (exact) mass is 276 g/mol. The van der Waals surface area contributed by atoms with Crippen LogP contribution in [-0.4, -0.2) is 55.1 Å². The maximum absolute atomic E-state index is 12.1. The molecule has 5 heteroatoms. The van der Waals surface area contributed by atoms with E-state index in [-0.39, 0.29) is 11.4 Å². The Hall–Kier alpha value is -1.46. The van der Waals surface area contributed by atoms with Crippen molar-refractivity contribution in [2.45, 2.75) is 24.8 Å². The van der Waals surface area contributed by atoms with Crippen molar-refractivity contribution in [2.24, 2.45) is 0 Å². The number of likely N-dealkylation sites (N-methyl/N-ethyl adjacent to an activating group) is 1. The van der Waals surface area contributed by atoms with Crippen LogP contribution in [0.3, 0.4) is 0 Å². The maximum Gasteiger partial charge on any atom is 0.234 e. The first-order chi connectivity index (χ1) is 9.60. The van der Waals surface area contributed by atoms with Gasteiger partial charge in [0.15, 0.2) is 0 Å². The lowest BCUT2D eigenvalue weighted by Gasteiger charge is -2.38. The van der Waals surface area contributed by atoms with Crippen LogP contribution < -0.4 is 10.6 Å². The van der Waals surface area contributed by atoms with Crippen molar-refractivity contribution < 1.29 is 4.79 Å². The van der Waals surface area contributed by atoms with E-state index in [2.05, 4.69) is 15.6 Å². The van der Waals surface area contributed by atoms with Gasteiger partial charge >= 0.3 is 0 Å². The summed E-state index contributed by atoms with van der Waals surface area (Å²) in [6.45, 7) is 2.31. The van der Waals surface area contributed by atoms with E-state index in [1.165, 1.54) is 0 Å². The summed E-state index contributed by atoms with van der Waals surface area (Å²) in [6, 6.07) is 5.95. The predicted octanol–water partition coefficient (Wildman–Crippen LogP) is 0.424. The van der Waals surface area contributed by atoms with Crippen LogP contribution in [0.2, 0.25) is 0 Å². The molecule has 0 unspecified atom stereocenters. The first-order valence-corrected chi connectivity index (χ1v) is 7.16. The third-order valence-corrected chi connectivity index (χ3v) is 3.67. The van der Waals surface area contributed by atoms with Crippen LogP contribution in [0, 0.1) is 0 Å². The molecule has 2 N–H and O–H groups in total. The molecule has 0 saturated carbocycles. The number of aromatic nitrogens is 1. The van der Waals surface area contributed by atoms with Crippen LogP contribution in [0.4, 0.5) is 0 Å². The van der Waals surface area contributed by atoms with E-state index < -0.39 is 0 Å². The summed E-state index contributed by atoms with van der Waals surface area (Å²) in [5, 5.41) is 6.61. The molecule has 1 amide bonds. The zero-order valence-corrected chi connectivity index (χ0v) is 12.4. The van der Waals surface area contributed by atoms with Gasteiger partial charge in [-0.1, -0.05) is 6.07 Å². The molecule has 1 fully saturated rings. The average molecular weight is 276 g/mol. The molecule has 0 bridgehead atoms. The van der Waals surface area contributed by atoms with Gasteiger partial charge in [0.05, 0.1) is 6.54 Å². The van der Waals surface area contributed by atoms with Crippen molar-refractivity contribution in [3.63, 3.8) is 0 Å². The minimum atomic E-state index is -0.160. The quantitative estimate of drug-likeness (QED) is 0.818. The van der Waals surface area contributed by atoms with Gasteiger partial charge < -0.3 is 15.5 Å². The third-order valence-electron chi connectivity index (χ3n) is 3.67. The van der Waals surface area contributed by atoms with E-state index in [1.807, 2.05) is 43.4 Å².